The summed E-state index contributed by atoms with van der Waals surface area (Å²) in [4.78, 5) is 13.1. The lowest BCUT2D eigenvalue weighted by molar-refractivity contribution is 0.0808. The molecule has 0 saturated carbocycles. The molecule has 0 saturated heterocycles. The van der Waals surface area contributed by atoms with Crippen LogP contribution in [0.4, 0.5) is 0 Å². The number of methoxy groups -OCH3 is 5. The molecule has 0 bridgehead atoms. The fourth-order valence-corrected chi connectivity index (χ4v) is 2.99. The van der Waals surface area contributed by atoms with Gasteiger partial charge in [-0.15, -0.1) is 0 Å². The second kappa shape index (κ2) is 10.4. The summed E-state index contributed by atoms with van der Waals surface area (Å²) in [6.45, 7) is 3.58. The van der Waals surface area contributed by atoms with E-state index in [1.54, 1.807) is 19.1 Å². The third-order valence-corrected chi connectivity index (χ3v) is 4.46. The van der Waals surface area contributed by atoms with Crippen molar-refractivity contribution in [2.24, 2.45) is 0 Å². The van der Waals surface area contributed by atoms with Gasteiger partial charge in [-0.3, -0.25) is 4.79 Å². The Morgan fingerprint density at radius 3 is 1.63 bits per heavy atom. The maximum atomic E-state index is 13.1. The molecular formula is C23H28O7. The standard InChI is InChI=1S/C23H28O7/c1-8-9-15-10-17(25-3)23(18(11-15)26-4)30-14(2)21(24)16-12-19(27-5)22(29-7)20(13-16)28-6/h8-14H,1-7H3/t14-/m0/s1. The van der Waals surface area contributed by atoms with Crippen molar-refractivity contribution in [3.05, 3.63) is 41.5 Å². The Hall–Kier alpha value is -3.35. The van der Waals surface area contributed by atoms with Gasteiger partial charge in [0.05, 0.1) is 35.5 Å². The molecule has 0 aliphatic heterocycles. The van der Waals surface area contributed by atoms with E-state index in [1.165, 1.54) is 35.5 Å². The average Bonchev–Trinajstić information content (AvgIpc) is 2.77. The van der Waals surface area contributed by atoms with Gasteiger partial charge in [0.1, 0.15) is 0 Å². The number of carbonyl (C=O) groups excluding carboxylic acids is 1. The first-order valence-corrected chi connectivity index (χ1v) is 9.33. The summed E-state index contributed by atoms with van der Waals surface area (Å²) in [5, 5.41) is 0. The summed E-state index contributed by atoms with van der Waals surface area (Å²) in [6, 6.07) is 6.81. The second-order valence-electron chi connectivity index (χ2n) is 6.29. The first-order chi connectivity index (χ1) is 14.4. The average molecular weight is 416 g/mol. The van der Waals surface area contributed by atoms with E-state index >= 15 is 0 Å². The van der Waals surface area contributed by atoms with Crippen molar-refractivity contribution >= 4 is 11.9 Å². The monoisotopic (exact) mass is 416 g/mol. The molecule has 0 amide bonds. The Morgan fingerprint density at radius 2 is 1.23 bits per heavy atom. The summed E-state index contributed by atoms with van der Waals surface area (Å²) in [5.41, 5.74) is 1.25. The molecule has 0 unspecified atom stereocenters. The van der Waals surface area contributed by atoms with E-state index in [4.69, 9.17) is 28.4 Å². The maximum Gasteiger partial charge on any atom is 0.204 e. The van der Waals surface area contributed by atoms with Crippen molar-refractivity contribution in [3.63, 3.8) is 0 Å². The smallest absolute Gasteiger partial charge is 0.204 e. The van der Waals surface area contributed by atoms with Crippen LogP contribution in [0, 0.1) is 0 Å². The highest BCUT2D eigenvalue weighted by Gasteiger charge is 2.24. The minimum absolute atomic E-state index is 0.268. The fourth-order valence-electron chi connectivity index (χ4n) is 2.99. The van der Waals surface area contributed by atoms with Crippen molar-refractivity contribution in [1.29, 1.82) is 0 Å². The minimum Gasteiger partial charge on any atom is -0.493 e. The number of Topliss-reactive ketones (excluding diaryl/α,β-unsaturated/α-hetero) is 1. The summed E-state index contributed by atoms with van der Waals surface area (Å²) in [6.07, 6.45) is 2.99. The summed E-state index contributed by atoms with van der Waals surface area (Å²) in [7, 11) is 7.56. The quantitative estimate of drug-likeness (QED) is 0.531. The van der Waals surface area contributed by atoms with Gasteiger partial charge in [0.25, 0.3) is 0 Å². The highest BCUT2D eigenvalue weighted by molar-refractivity contribution is 6.00. The number of hydrogen-bond donors (Lipinski definition) is 0. The SMILES string of the molecule is CC=Cc1cc(OC)c(O[C@@H](C)C(=O)c2cc(OC)c(OC)c(OC)c2)c(OC)c1. The van der Waals surface area contributed by atoms with Crippen molar-refractivity contribution in [3.8, 4) is 34.5 Å². The minimum atomic E-state index is -0.830. The van der Waals surface area contributed by atoms with Crippen molar-refractivity contribution in [2.75, 3.05) is 35.5 Å². The van der Waals surface area contributed by atoms with Gasteiger partial charge < -0.3 is 28.4 Å². The van der Waals surface area contributed by atoms with E-state index in [1.807, 2.05) is 31.2 Å². The number of benzene rings is 2. The van der Waals surface area contributed by atoms with Gasteiger partial charge in [0.2, 0.25) is 17.3 Å². The maximum absolute atomic E-state index is 13.1. The van der Waals surface area contributed by atoms with Crippen molar-refractivity contribution in [2.45, 2.75) is 20.0 Å². The molecule has 1 atom stereocenters. The molecule has 7 heteroatoms. The molecule has 2 rings (SSSR count). The van der Waals surface area contributed by atoms with E-state index in [2.05, 4.69) is 0 Å². The zero-order valence-corrected chi connectivity index (χ0v) is 18.4. The van der Waals surface area contributed by atoms with Crippen LogP contribution in [0.3, 0.4) is 0 Å². The molecule has 2 aromatic carbocycles. The Labute approximate surface area is 177 Å². The van der Waals surface area contributed by atoms with Gasteiger partial charge in [-0.1, -0.05) is 12.2 Å². The van der Waals surface area contributed by atoms with Crippen LogP contribution in [0.1, 0.15) is 29.8 Å². The van der Waals surface area contributed by atoms with E-state index < -0.39 is 6.10 Å². The molecule has 162 valence electrons. The molecule has 0 radical (unpaired) electrons. The summed E-state index contributed by atoms with van der Waals surface area (Å²) < 4.78 is 32.9. The normalized spacial score (nSPS) is 11.7. The molecule has 0 fully saturated rings. The van der Waals surface area contributed by atoms with Gasteiger partial charge in [0.15, 0.2) is 29.1 Å². The zero-order valence-electron chi connectivity index (χ0n) is 18.4. The van der Waals surface area contributed by atoms with E-state index in [0.29, 0.717) is 40.1 Å². The molecule has 7 nitrogen and oxygen atoms in total. The number of hydrogen-bond acceptors (Lipinski definition) is 7. The van der Waals surface area contributed by atoms with Gasteiger partial charge >= 0.3 is 0 Å². The number of rotatable bonds is 10. The van der Waals surface area contributed by atoms with Crippen LogP contribution in [0.5, 0.6) is 34.5 Å². The Balaban J connectivity index is 2.41. The molecule has 0 aromatic heterocycles. The molecular weight excluding hydrogens is 388 g/mol. The van der Waals surface area contributed by atoms with Crippen molar-refractivity contribution < 1.29 is 33.2 Å². The first-order valence-electron chi connectivity index (χ1n) is 9.33. The highest BCUT2D eigenvalue weighted by atomic mass is 16.5. The van der Waals surface area contributed by atoms with Crippen LogP contribution in [-0.4, -0.2) is 47.4 Å². The fraction of sp³-hybridized carbons (Fsp3) is 0.348. The molecule has 30 heavy (non-hydrogen) atoms. The zero-order chi connectivity index (χ0) is 22.3. The lowest BCUT2D eigenvalue weighted by atomic mass is 10.1. The number of ketones is 1. The summed E-state index contributed by atoms with van der Waals surface area (Å²) in [5.74, 6) is 2.20. The molecule has 0 N–H and O–H groups in total. The molecule has 2 aromatic rings. The summed E-state index contributed by atoms with van der Waals surface area (Å²) >= 11 is 0. The predicted octanol–water partition coefficient (Wildman–Crippen LogP) is 4.41. The molecule has 0 aliphatic carbocycles. The number of carbonyl (C=O) groups is 1. The van der Waals surface area contributed by atoms with Crippen LogP contribution >= 0.6 is 0 Å². The highest BCUT2D eigenvalue weighted by Crippen LogP contribution is 2.41. The van der Waals surface area contributed by atoms with E-state index in [9.17, 15) is 4.79 Å². The van der Waals surface area contributed by atoms with Crippen LogP contribution in [0.25, 0.3) is 6.08 Å². The topological polar surface area (TPSA) is 72.5 Å². The first kappa shape index (κ1) is 22.9. The van der Waals surface area contributed by atoms with E-state index in [-0.39, 0.29) is 5.78 Å². The third-order valence-electron chi connectivity index (χ3n) is 4.46. The van der Waals surface area contributed by atoms with Crippen molar-refractivity contribution in [1.82, 2.24) is 0 Å². The lowest BCUT2D eigenvalue weighted by Crippen LogP contribution is -2.24. The van der Waals surface area contributed by atoms with E-state index in [0.717, 1.165) is 5.56 Å². The van der Waals surface area contributed by atoms with Crippen LogP contribution in [-0.2, 0) is 0 Å². The number of allylic oxidation sites excluding steroid dienone is 1. The Bertz CT molecular complexity index is 868. The molecule has 0 heterocycles. The molecule has 0 aliphatic rings. The van der Waals surface area contributed by atoms with Gasteiger partial charge in [0, 0.05) is 5.56 Å². The van der Waals surface area contributed by atoms with Gasteiger partial charge in [-0.25, -0.2) is 0 Å². The number of ether oxygens (including phenoxy) is 6. The second-order valence-corrected chi connectivity index (χ2v) is 6.29. The predicted molar refractivity (Wildman–Crippen MR) is 115 cm³/mol. The van der Waals surface area contributed by atoms with Crippen LogP contribution in [0.15, 0.2) is 30.3 Å². The Kier molecular flexibility index (Phi) is 7.98. The van der Waals surface area contributed by atoms with Gasteiger partial charge in [-0.2, -0.15) is 0 Å². The van der Waals surface area contributed by atoms with Crippen LogP contribution < -0.4 is 28.4 Å². The van der Waals surface area contributed by atoms with Gasteiger partial charge in [-0.05, 0) is 43.7 Å². The largest absolute Gasteiger partial charge is 0.493 e. The molecule has 0 spiro atoms. The Morgan fingerprint density at radius 1 is 0.767 bits per heavy atom. The van der Waals surface area contributed by atoms with Crippen LogP contribution in [0.2, 0.25) is 0 Å². The lowest BCUT2D eigenvalue weighted by Gasteiger charge is -2.20. The third kappa shape index (κ3) is 4.79.